The molecule has 0 radical (unpaired) electrons. The number of carbonyl (C=O) groups excluding carboxylic acids is 1. The third-order valence-corrected chi connectivity index (χ3v) is 4.03. The van der Waals surface area contributed by atoms with Crippen molar-refractivity contribution >= 4 is 17.5 Å². The number of methoxy groups -OCH3 is 2. The van der Waals surface area contributed by atoms with Crippen molar-refractivity contribution in [3.05, 3.63) is 52.3 Å². The van der Waals surface area contributed by atoms with E-state index < -0.39 is 5.82 Å². The van der Waals surface area contributed by atoms with Gasteiger partial charge in [0, 0.05) is 19.2 Å². The van der Waals surface area contributed by atoms with Crippen molar-refractivity contribution in [1.82, 2.24) is 4.90 Å². The van der Waals surface area contributed by atoms with Gasteiger partial charge in [0.2, 0.25) is 0 Å². The van der Waals surface area contributed by atoms with Gasteiger partial charge in [-0.05, 0) is 36.8 Å². The zero-order chi connectivity index (χ0) is 19.3. The normalized spacial score (nSPS) is 10.4. The summed E-state index contributed by atoms with van der Waals surface area (Å²) in [6.07, 6.45) is 0. The van der Waals surface area contributed by atoms with Gasteiger partial charge < -0.3 is 19.1 Å². The zero-order valence-corrected chi connectivity index (χ0v) is 15.9. The molecule has 0 N–H and O–H groups in total. The number of amides is 1. The lowest BCUT2D eigenvalue weighted by molar-refractivity contribution is 0.0784. The van der Waals surface area contributed by atoms with Gasteiger partial charge in [0.25, 0.3) is 5.91 Å². The molecule has 0 unspecified atom stereocenters. The molecule has 2 aromatic rings. The van der Waals surface area contributed by atoms with Crippen LogP contribution in [0.2, 0.25) is 5.02 Å². The number of nitrogens with zero attached hydrogens (tertiary/aromatic N) is 1. The fraction of sp³-hybridized carbons (Fsp3) is 0.316. The Balaban J connectivity index is 2.22. The van der Waals surface area contributed by atoms with Crippen molar-refractivity contribution in [1.29, 1.82) is 0 Å². The second-order valence-electron chi connectivity index (χ2n) is 5.55. The highest BCUT2D eigenvalue weighted by molar-refractivity contribution is 6.32. The van der Waals surface area contributed by atoms with Crippen LogP contribution in [0.25, 0.3) is 0 Å². The van der Waals surface area contributed by atoms with E-state index in [4.69, 9.17) is 25.8 Å². The summed E-state index contributed by atoms with van der Waals surface area (Å²) in [6.45, 7) is 2.48. The topological polar surface area (TPSA) is 48.0 Å². The van der Waals surface area contributed by atoms with Crippen molar-refractivity contribution in [3.63, 3.8) is 0 Å². The fourth-order valence-electron chi connectivity index (χ4n) is 2.50. The minimum Gasteiger partial charge on any atom is -0.494 e. The minimum atomic E-state index is -0.475. The van der Waals surface area contributed by atoms with Crippen LogP contribution in [-0.2, 0) is 6.54 Å². The van der Waals surface area contributed by atoms with Crippen molar-refractivity contribution < 1.29 is 23.4 Å². The largest absolute Gasteiger partial charge is 0.494 e. The third-order valence-electron chi connectivity index (χ3n) is 3.75. The monoisotopic (exact) mass is 381 g/mol. The minimum absolute atomic E-state index is 0.158. The summed E-state index contributed by atoms with van der Waals surface area (Å²) in [6, 6.07) is 7.68. The molecule has 140 valence electrons. The zero-order valence-electron chi connectivity index (χ0n) is 15.1. The fourth-order valence-corrected chi connectivity index (χ4v) is 2.77. The van der Waals surface area contributed by atoms with Crippen molar-refractivity contribution in [2.24, 2.45) is 0 Å². The van der Waals surface area contributed by atoms with Gasteiger partial charge in [0.05, 0.1) is 25.8 Å². The Morgan fingerprint density at radius 3 is 2.42 bits per heavy atom. The Morgan fingerprint density at radius 1 is 1.15 bits per heavy atom. The molecule has 0 aliphatic heterocycles. The molecule has 0 atom stereocenters. The maximum atomic E-state index is 13.8. The number of hydrogen-bond acceptors (Lipinski definition) is 4. The number of hydrogen-bond donors (Lipinski definition) is 0. The van der Waals surface area contributed by atoms with Gasteiger partial charge in [-0.15, -0.1) is 0 Å². The predicted molar refractivity (Wildman–Crippen MR) is 97.9 cm³/mol. The van der Waals surface area contributed by atoms with Crippen LogP contribution in [0.4, 0.5) is 4.39 Å². The molecule has 0 fully saturated rings. The molecule has 0 aliphatic carbocycles. The van der Waals surface area contributed by atoms with E-state index in [0.29, 0.717) is 34.3 Å². The van der Waals surface area contributed by atoms with E-state index >= 15 is 0 Å². The molecule has 0 saturated heterocycles. The lowest BCUT2D eigenvalue weighted by Gasteiger charge is -2.19. The summed E-state index contributed by atoms with van der Waals surface area (Å²) in [5.41, 5.74) is 0.995. The third kappa shape index (κ3) is 4.38. The van der Waals surface area contributed by atoms with Crippen LogP contribution in [0.1, 0.15) is 22.8 Å². The highest BCUT2D eigenvalue weighted by atomic mass is 35.5. The molecule has 2 aromatic carbocycles. The van der Waals surface area contributed by atoms with Gasteiger partial charge in [-0.2, -0.15) is 0 Å². The molecule has 0 saturated carbocycles. The second-order valence-corrected chi connectivity index (χ2v) is 5.96. The Kier molecular flexibility index (Phi) is 6.69. The highest BCUT2D eigenvalue weighted by Crippen LogP contribution is 2.36. The average molecular weight is 382 g/mol. The molecule has 0 aromatic heterocycles. The summed E-state index contributed by atoms with van der Waals surface area (Å²) < 4.78 is 29.4. The SMILES string of the molecule is CCOc1c(Cl)cc(C(=O)N(C)Cc2ccc(OC)c(F)c2)cc1OC. The summed E-state index contributed by atoms with van der Waals surface area (Å²) in [5.74, 6) is 0.187. The van der Waals surface area contributed by atoms with E-state index in [1.807, 2.05) is 6.92 Å². The number of carbonyl (C=O) groups is 1. The average Bonchev–Trinajstić information content (AvgIpc) is 2.62. The first-order valence-electron chi connectivity index (χ1n) is 7.99. The van der Waals surface area contributed by atoms with Crippen LogP contribution >= 0.6 is 11.6 Å². The van der Waals surface area contributed by atoms with Crippen LogP contribution < -0.4 is 14.2 Å². The van der Waals surface area contributed by atoms with E-state index in [2.05, 4.69) is 0 Å². The van der Waals surface area contributed by atoms with Gasteiger partial charge in [-0.3, -0.25) is 4.79 Å². The first kappa shape index (κ1) is 19.8. The lowest BCUT2D eigenvalue weighted by atomic mass is 10.1. The Morgan fingerprint density at radius 2 is 1.85 bits per heavy atom. The Hall–Kier alpha value is -2.47. The van der Waals surface area contributed by atoms with Crippen LogP contribution in [0, 0.1) is 5.82 Å². The Bertz CT molecular complexity index is 797. The predicted octanol–water partition coefficient (Wildman–Crippen LogP) is 4.17. The van der Waals surface area contributed by atoms with Crippen molar-refractivity contribution in [2.45, 2.75) is 13.5 Å². The van der Waals surface area contributed by atoms with Gasteiger partial charge in [-0.25, -0.2) is 4.39 Å². The summed E-state index contributed by atoms with van der Waals surface area (Å²) in [7, 11) is 4.50. The molecule has 26 heavy (non-hydrogen) atoms. The van der Waals surface area contributed by atoms with E-state index in [9.17, 15) is 9.18 Å². The maximum absolute atomic E-state index is 13.8. The first-order valence-corrected chi connectivity index (χ1v) is 8.37. The molecule has 5 nitrogen and oxygen atoms in total. The van der Waals surface area contributed by atoms with Gasteiger partial charge in [-0.1, -0.05) is 17.7 Å². The molecule has 0 bridgehead atoms. The number of ether oxygens (including phenoxy) is 3. The van der Waals surface area contributed by atoms with Crippen LogP contribution in [0.15, 0.2) is 30.3 Å². The standard InChI is InChI=1S/C19H21ClFNO4/c1-5-26-18-14(20)9-13(10-17(18)25-4)19(23)22(2)11-12-6-7-16(24-3)15(21)8-12/h6-10H,5,11H2,1-4H3. The van der Waals surface area contributed by atoms with E-state index in [-0.39, 0.29) is 18.2 Å². The molecule has 1 amide bonds. The van der Waals surface area contributed by atoms with Gasteiger partial charge >= 0.3 is 0 Å². The molecule has 7 heteroatoms. The van der Waals surface area contributed by atoms with E-state index in [1.165, 1.54) is 37.3 Å². The molecule has 0 aliphatic rings. The van der Waals surface area contributed by atoms with Crippen molar-refractivity contribution in [2.75, 3.05) is 27.9 Å². The lowest BCUT2D eigenvalue weighted by Crippen LogP contribution is -2.26. The van der Waals surface area contributed by atoms with Gasteiger partial charge in [0.15, 0.2) is 23.1 Å². The molecule has 2 rings (SSSR count). The number of benzene rings is 2. The smallest absolute Gasteiger partial charge is 0.254 e. The maximum Gasteiger partial charge on any atom is 0.254 e. The van der Waals surface area contributed by atoms with E-state index in [0.717, 1.165) is 0 Å². The molecular formula is C19H21ClFNO4. The van der Waals surface area contributed by atoms with E-state index in [1.54, 1.807) is 19.2 Å². The van der Waals surface area contributed by atoms with Crippen molar-refractivity contribution in [3.8, 4) is 17.2 Å². The molecule has 0 spiro atoms. The Labute approximate surface area is 157 Å². The quantitative estimate of drug-likeness (QED) is 0.722. The summed E-state index contributed by atoms with van der Waals surface area (Å²) in [5, 5.41) is 0.290. The molecular weight excluding hydrogens is 361 g/mol. The van der Waals surface area contributed by atoms with Gasteiger partial charge in [0.1, 0.15) is 0 Å². The molecule has 0 heterocycles. The number of halogens is 2. The second kappa shape index (κ2) is 8.76. The first-order chi connectivity index (χ1) is 12.4. The van der Waals surface area contributed by atoms with Crippen LogP contribution in [0.5, 0.6) is 17.2 Å². The van der Waals surface area contributed by atoms with Crippen LogP contribution in [-0.4, -0.2) is 38.7 Å². The highest BCUT2D eigenvalue weighted by Gasteiger charge is 2.19. The summed E-state index contributed by atoms with van der Waals surface area (Å²) >= 11 is 6.22. The number of rotatable bonds is 7. The summed E-state index contributed by atoms with van der Waals surface area (Å²) in [4.78, 5) is 14.2. The van der Waals surface area contributed by atoms with Crippen LogP contribution in [0.3, 0.4) is 0 Å².